The summed E-state index contributed by atoms with van der Waals surface area (Å²) in [6, 6.07) is 16.5. The van der Waals surface area contributed by atoms with Gasteiger partial charge in [0.05, 0.1) is 5.69 Å². The zero-order valence-electron chi connectivity index (χ0n) is 16.2. The Morgan fingerprint density at radius 2 is 1.60 bits per heavy atom. The molecule has 0 unspecified atom stereocenters. The van der Waals surface area contributed by atoms with Crippen molar-refractivity contribution in [1.82, 2.24) is 14.7 Å². The van der Waals surface area contributed by atoms with E-state index in [-0.39, 0.29) is 23.8 Å². The predicted octanol–water partition coefficient (Wildman–Crippen LogP) is 3.05. The second-order valence-corrected chi connectivity index (χ2v) is 7.50. The number of hydrogen-bond acceptors (Lipinski definition) is 4. The highest BCUT2D eigenvalue weighted by Crippen LogP contribution is 2.19. The quantitative estimate of drug-likeness (QED) is 0.643. The maximum absolute atomic E-state index is 13.1. The second-order valence-electron chi connectivity index (χ2n) is 7.07. The Kier molecular flexibility index (Phi) is 5.81. The maximum Gasteiger partial charge on any atom is 0.267 e. The van der Waals surface area contributed by atoms with Crippen molar-refractivity contribution in [1.29, 1.82) is 0 Å². The smallest absolute Gasteiger partial charge is 0.267 e. The molecule has 4 rings (SSSR count). The summed E-state index contributed by atoms with van der Waals surface area (Å²) in [5.41, 5.74) is 2.01. The number of anilines is 1. The third-order valence-electron chi connectivity index (χ3n) is 5.12. The molecule has 30 heavy (non-hydrogen) atoms. The Hall–Kier alpha value is -3.19. The number of amides is 1. The SMILES string of the molecule is O=C(Cn1nc(-c2ccc(Cl)cc2)ccc1=O)N1CCN(c2ccc(F)cc2)CC1. The number of piperazine rings is 1. The Morgan fingerprint density at radius 1 is 0.933 bits per heavy atom. The number of carbonyl (C=O) groups excluding carboxylic acids is 1. The molecule has 3 aromatic rings. The summed E-state index contributed by atoms with van der Waals surface area (Å²) in [5, 5.41) is 4.96. The summed E-state index contributed by atoms with van der Waals surface area (Å²) in [4.78, 5) is 28.8. The van der Waals surface area contributed by atoms with Crippen molar-refractivity contribution in [2.75, 3.05) is 31.1 Å². The Bertz CT molecular complexity index is 1090. The summed E-state index contributed by atoms with van der Waals surface area (Å²) in [6.45, 7) is 2.23. The fourth-order valence-corrected chi connectivity index (χ4v) is 3.56. The molecule has 1 aliphatic heterocycles. The lowest BCUT2D eigenvalue weighted by Gasteiger charge is -2.36. The standard InChI is InChI=1S/C22H20ClFN4O2/c23-17-3-1-16(2-4-17)20-9-10-21(29)28(25-20)15-22(30)27-13-11-26(12-14-27)19-7-5-18(24)6-8-19/h1-10H,11-15H2. The van der Waals surface area contributed by atoms with Crippen LogP contribution in [0.25, 0.3) is 11.3 Å². The summed E-state index contributed by atoms with van der Waals surface area (Å²) in [7, 11) is 0. The highest BCUT2D eigenvalue weighted by Gasteiger charge is 2.22. The van der Waals surface area contributed by atoms with Gasteiger partial charge in [-0.3, -0.25) is 9.59 Å². The van der Waals surface area contributed by atoms with E-state index in [0.717, 1.165) is 11.3 Å². The van der Waals surface area contributed by atoms with E-state index in [9.17, 15) is 14.0 Å². The number of halogens is 2. The number of hydrogen-bond donors (Lipinski definition) is 0. The summed E-state index contributed by atoms with van der Waals surface area (Å²) in [6.07, 6.45) is 0. The van der Waals surface area contributed by atoms with Crippen LogP contribution in [0.4, 0.5) is 10.1 Å². The molecule has 1 amide bonds. The van der Waals surface area contributed by atoms with Gasteiger partial charge in [-0.25, -0.2) is 9.07 Å². The molecule has 0 aliphatic carbocycles. The van der Waals surface area contributed by atoms with Crippen LogP contribution in [-0.4, -0.2) is 46.8 Å². The molecule has 0 radical (unpaired) electrons. The fraction of sp³-hybridized carbons (Fsp3) is 0.227. The van der Waals surface area contributed by atoms with Gasteiger partial charge < -0.3 is 9.80 Å². The highest BCUT2D eigenvalue weighted by molar-refractivity contribution is 6.30. The number of carbonyl (C=O) groups is 1. The van der Waals surface area contributed by atoms with Crippen LogP contribution >= 0.6 is 11.6 Å². The van der Waals surface area contributed by atoms with Crippen LogP contribution in [0.15, 0.2) is 65.5 Å². The number of aromatic nitrogens is 2. The average Bonchev–Trinajstić information content (AvgIpc) is 2.76. The molecule has 1 aromatic heterocycles. The molecular weight excluding hydrogens is 407 g/mol. The van der Waals surface area contributed by atoms with Gasteiger partial charge in [-0.15, -0.1) is 0 Å². The van der Waals surface area contributed by atoms with E-state index < -0.39 is 0 Å². The molecule has 0 N–H and O–H groups in total. The lowest BCUT2D eigenvalue weighted by Crippen LogP contribution is -2.50. The van der Waals surface area contributed by atoms with Gasteiger partial charge in [-0.2, -0.15) is 5.10 Å². The molecule has 6 nitrogen and oxygen atoms in total. The van der Waals surface area contributed by atoms with Gasteiger partial charge in [0, 0.05) is 48.5 Å². The first-order chi connectivity index (χ1) is 14.5. The van der Waals surface area contributed by atoms with E-state index in [2.05, 4.69) is 10.00 Å². The van der Waals surface area contributed by atoms with Gasteiger partial charge >= 0.3 is 0 Å². The molecule has 1 fully saturated rings. The van der Waals surface area contributed by atoms with E-state index in [1.807, 2.05) is 12.1 Å². The first kappa shape index (κ1) is 20.1. The molecule has 0 spiro atoms. The first-order valence-electron chi connectivity index (χ1n) is 9.62. The minimum absolute atomic E-state index is 0.114. The minimum Gasteiger partial charge on any atom is -0.368 e. The van der Waals surface area contributed by atoms with Crippen molar-refractivity contribution in [3.63, 3.8) is 0 Å². The molecule has 1 aliphatic rings. The lowest BCUT2D eigenvalue weighted by atomic mass is 10.1. The topological polar surface area (TPSA) is 58.4 Å². The molecule has 154 valence electrons. The predicted molar refractivity (Wildman–Crippen MR) is 114 cm³/mol. The monoisotopic (exact) mass is 426 g/mol. The molecule has 0 saturated carbocycles. The molecule has 0 atom stereocenters. The molecule has 1 saturated heterocycles. The maximum atomic E-state index is 13.1. The first-order valence-corrected chi connectivity index (χ1v) is 10.00. The summed E-state index contributed by atoms with van der Waals surface area (Å²) >= 11 is 5.92. The van der Waals surface area contributed by atoms with Crippen LogP contribution in [0.5, 0.6) is 0 Å². The highest BCUT2D eigenvalue weighted by atomic mass is 35.5. The molecule has 2 heterocycles. The average molecular weight is 427 g/mol. The van der Waals surface area contributed by atoms with E-state index in [1.54, 1.807) is 35.2 Å². The van der Waals surface area contributed by atoms with Crippen LogP contribution in [-0.2, 0) is 11.3 Å². The molecular formula is C22H20ClFN4O2. The van der Waals surface area contributed by atoms with Crippen LogP contribution in [0.2, 0.25) is 5.02 Å². The normalized spacial score (nSPS) is 14.1. The van der Waals surface area contributed by atoms with Gasteiger partial charge in [0.1, 0.15) is 12.4 Å². The van der Waals surface area contributed by atoms with E-state index in [4.69, 9.17) is 11.6 Å². The van der Waals surface area contributed by atoms with Crippen molar-refractivity contribution in [3.05, 3.63) is 81.9 Å². The van der Waals surface area contributed by atoms with E-state index >= 15 is 0 Å². The van der Waals surface area contributed by atoms with Crippen LogP contribution in [0.3, 0.4) is 0 Å². The van der Waals surface area contributed by atoms with E-state index in [1.165, 1.54) is 22.9 Å². The molecule has 2 aromatic carbocycles. The third kappa shape index (κ3) is 4.52. The zero-order chi connectivity index (χ0) is 21.1. The van der Waals surface area contributed by atoms with Gasteiger partial charge in [-0.1, -0.05) is 23.7 Å². The van der Waals surface area contributed by atoms with E-state index in [0.29, 0.717) is 36.9 Å². The van der Waals surface area contributed by atoms with Gasteiger partial charge in [0.25, 0.3) is 5.56 Å². The van der Waals surface area contributed by atoms with Crippen molar-refractivity contribution < 1.29 is 9.18 Å². The van der Waals surface area contributed by atoms with Crippen LogP contribution < -0.4 is 10.5 Å². The van der Waals surface area contributed by atoms with Crippen LogP contribution in [0, 0.1) is 5.82 Å². The number of nitrogens with zero attached hydrogens (tertiary/aromatic N) is 4. The Morgan fingerprint density at radius 3 is 2.27 bits per heavy atom. The molecule has 0 bridgehead atoms. The molecule has 8 heteroatoms. The zero-order valence-corrected chi connectivity index (χ0v) is 16.9. The largest absolute Gasteiger partial charge is 0.368 e. The Labute approximate surface area is 178 Å². The summed E-state index contributed by atoms with van der Waals surface area (Å²) < 4.78 is 14.3. The Balaban J connectivity index is 1.42. The summed E-state index contributed by atoms with van der Waals surface area (Å²) in [5.74, 6) is -0.428. The number of benzene rings is 2. The fourth-order valence-electron chi connectivity index (χ4n) is 3.43. The van der Waals surface area contributed by atoms with Crippen molar-refractivity contribution >= 4 is 23.2 Å². The number of rotatable bonds is 4. The van der Waals surface area contributed by atoms with Gasteiger partial charge in [0.15, 0.2) is 0 Å². The van der Waals surface area contributed by atoms with Gasteiger partial charge in [0.2, 0.25) is 5.91 Å². The van der Waals surface area contributed by atoms with Crippen molar-refractivity contribution in [2.24, 2.45) is 0 Å². The van der Waals surface area contributed by atoms with Gasteiger partial charge in [-0.05, 0) is 42.5 Å². The second kappa shape index (κ2) is 8.67. The third-order valence-corrected chi connectivity index (χ3v) is 5.37. The minimum atomic E-state index is -0.328. The van der Waals surface area contributed by atoms with Crippen LogP contribution in [0.1, 0.15) is 0 Å². The van der Waals surface area contributed by atoms with Crippen molar-refractivity contribution in [2.45, 2.75) is 6.54 Å². The van der Waals surface area contributed by atoms with Crippen molar-refractivity contribution in [3.8, 4) is 11.3 Å². The lowest BCUT2D eigenvalue weighted by molar-refractivity contribution is -0.132.